The van der Waals surface area contributed by atoms with Gasteiger partial charge in [0.2, 0.25) is 0 Å². The molecule has 0 spiro atoms. The van der Waals surface area contributed by atoms with Gasteiger partial charge in [-0.3, -0.25) is 4.98 Å². The predicted molar refractivity (Wildman–Crippen MR) is 167 cm³/mol. The highest BCUT2D eigenvalue weighted by atomic mass is 15.0. The molecule has 0 fully saturated rings. The third-order valence-electron chi connectivity index (χ3n) is 8.30. The van der Waals surface area contributed by atoms with Gasteiger partial charge in [0.15, 0.2) is 0 Å². The van der Waals surface area contributed by atoms with Crippen molar-refractivity contribution in [2.75, 3.05) is 0 Å². The summed E-state index contributed by atoms with van der Waals surface area (Å²) in [6.07, 6.45) is 1.86. The van der Waals surface area contributed by atoms with Gasteiger partial charge in [-0.25, -0.2) is 0 Å². The summed E-state index contributed by atoms with van der Waals surface area (Å²) in [4.78, 5) is 4.63. The summed E-state index contributed by atoms with van der Waals surface area (Å²) >= 11 is 0. The average Bonchev–Trinajstić information content (AvgIpc) is 3.58. The van der Waals surface area contributed by atoms with Gasteiger partial charge < -0.3 is 8.97 Å². The zero-order valence-electron chi connectivity index (χ0n) is 21.6. The molecule has 0 radical (unpaired) electrons. The summed E-state index contributed by atoms with van der Waals surface area (Å²) in [5.74, 6) is 0. The molecule has 3 heteroatoms. The molecule has 5 aromatic carbocycles. The van der Waals surface area contributed by atoms with Gasteiger partial charge in [-0.1, -0.05) is 91.0 Å². The lowest BCUT2D eigenvalue weighted by Gasteiger charge is -2.13. The highest BCUT2D eigenvalue weighted by molar-refractivity contribution is 6.22. The van der Waals surface area contributed by atoms with Crippen LogP contribution in [-0.2, 0) is 0 Å². The maximum absolute atomic E-state index is 4.63. The SMILES string of the molecule is c1ccc(-c2cccc(-n3c4ccccc4c4ccc5cc6c7ccccc7c7ccccc7n6c5c43)c2)nc1. The number of aromatic nitrogens is 3. The number of benzene rings is 5. The number of pyridine rings is 2. The van der Waals surface area contributed by atoms with E-state index in [0.717, 1.165) is 16.9 Å². The second kappa shape index (κ2) is 8.05. The second-order valence-corrected chi connectivity index (χ2v) is 10.4. The molecule has 0 amide bonds. The molecule has 0 N–H and O–H groups in total. The van der Waals surface area contributed by atoms with Crippen molar-refractivity contribution in [3.05, 3.63) is 140 Å². The minimum atomic E-state index is 0.973. The van der Waals surface area contributed by atoms with Crippen molar-refractivity contribution in [1.82, 2.24) is 14.0 Å². The summed E-state index contributed by atoms with van der Waals surface area (Å²) in [6, 6.07) is 48.1. The molecule has 0 unspecified atom stereocenters. The second-order valence-electron chi connectivity index (χ2n) is 10.4. The van der Waals surface area contributed by atoms with Crippen LogP contribution in [0.2, 0.25) is 0 Å². The summed E-state index contributed by atoms with van der Waals surface area (Å²) in [6.45, 7) is 0. The summed E-state index contributed by atoms with van der Waals surface area (Å²) < 4.78 is 4.92. The van der Waals surface area contributed by atoms with Crippen LogP contribution in [0.5, 0.6) is 0 Å². The van der Waals surface area contributed by atoms with Crippen molar-refractivity contribution >= 4 is 59.9 Å². The first-order chi connectivity index (χ1) is 19.9. The van der Waals surface area contributed by atoms with Crippen LogP contribution < -0.4 is 0 Å². The standard InChI is InChI=1S/C37H23N3/c1-2-14-29-27(12-1)28-13-3-6-18-34(28)40-35(29)23-25-19-20-31-30-15-4-5-17-33(30)39(37(31)36(25)40)26-11-9-10-24(22-26)32-16-7-8-21-38-32/h1-23H. The largest absolute Gasteiger partial charge is 0.307 e. The molecule has 186 valence electrons. The average molecular weight is 510 g/mol. The number of hydrogen-bond acceptors (Lipinski definition) is 1. The Morgan fingerprint density at radius 1 is 0.450 bits per heavy atom. The molecule has 0 aliphatic carbocycles. The number of para-hydroxylation sites is 2. The summed E-state index contributed by atoms with van der Waals surface area (Å²) in [7, 11) is 0. The Balaban J connectivity index is 1.51. The summed E-state index contributed by atoms with van der Waals surface area (Å²) in [5, 5.41) is 7.56. The lowest BCUT2D eigenvalue weighted by atomic mass is 10.1. The molecule has 0 bridgehead atoms. The van der Waals surface area contributed by atoms with Gasteiger partial charge in [-0.05, 0) is 47.9 Å². The molecular weight excluding hydrogens is 486 g/mol. The van der Waals surface area contributed by atoms with Crippen LogP contribution in [0, 0.1) is 0 Å². The summed E-state index contributed by atoms with van der Waals surface area (Å²) in [5.41, 5.74) is 9.30. The molecule has 0 aliphatic heterocycles. The first-order valence-corrected chi connectivity index (χ1v) is 13.7. The van der Waals surface area contributed by atoms with Crippen molar-refractivity contribution in [2.45, 2.75) is 0 Å². The monoisotopic (exact) mass is 509 g/mol. The maximum Gasteiger partial charge on any atom is 0.0788 e. The molecule has 9 rings (SSSR count). The van der Waals surface area contributed by atoms with Gasteiger partial charge in [0.05, 0.1) is 33.3 Å². The Kier molecular flexibility index (Phi) is 4.33. The number of nitrogens with zero attached hydrogens (tertiary/aromatic N) is 3. The van der Waals surface area contributed by atoms with E-state index in [1.807, 2.05) is 18.3 Å². The lowest BCUT2D eigenvalue weighted by molar-refractivity contribution is 1.18. The lowest BCUT2D eigenvalue weighted by Crippen LogP contribution is -1.97. The molecule has 0 aliphatic rings. The smallest absolute Gasteiger partial charge is 0.0788 e. The van der Waals surface area contributed by atoms with E-state index in [9.17, 15) is 0 Å². The van der Waals surface area contributed by atoms with Crippen molar-refractivity contribution < 1.29 is 0 Å². The van der Waals surface area contributed by atoms with E-state index in [2.05, 4.69) is 135 Å². The topological polar surface area (TPSA) is 22.2 Å². The molecule has 4 heterocycles. The molecule has 3 nitrogen and oxygen atoms in total. The van der Waals surface area contributed by atoms with E-state index in [1.54, 1.807) is 0 Å². The zero-order chi connectivity index (χ0) is 26.2. The normalized spacial score (nSPS) is 12.0. The third-order valence-corrected chi connectivity index (χ3v) is 8.30. The van der Waals surface area contributed by atoms with E-state index in [0.29, 0.717) is 0 Å². The van der Waals surface area contributed by atoms with Crippen LogP contribution in [0.25, 0.3) is 76.8 Å². The maximum atomic E-state index is 4.63. The fraction of sp³-hybridized carbons (Fsp3) is 0. The highest BCUT2D eigenvalue weighted by Crippen LogP contribution is 2.41. The van der Waals surface area contributed by atoms with Crippen molar-refractivity contribution in [3.8, 4) is 16.9 Å². The van der Waals surface area contributed by atoms with E-state index in [1.165, 1.54) is 59.9 Å². The van der Waals surface area contributed by atoms with E-state index in [-0.39, 0.29) is 0 Å². The van der Waals surface area contributed by atoms with E-state index in [4.69, 9.17) is 0 Å². The third kappa shape index (κ3) is 2.86. The van der Waals surface area contributed by atoms with Gasteiger partial charge in [0.25, 0.3) is 0 Å². The minimum absolute atomic E-state index is 0.973. The molecule has 0 saturated heterocycles. The Bertz CT molecular complexity index is 2430. The van der Waals surface area contributed by atoms with Crippen molar-refractivity contribution in [1.29, 1.82) is 0 Å². The first-order valence-electron chi connectivity index (χ1n) is 13.7. The Hall–Kier alpha value is -5.41. The Morgan fingerprint density at radius 2 is 1.15 bits per heavy atom. The van der Waals surface area contributed by atoms with Gasteiger partial charge in [0, 0.05) is 44.4 Å². The minimum Gasteiger partial charge on any atom is -0.307 e. The van der Waals surface area contributed by atoms with Gasteiger partial charge in [-0.15, -0.1) is 0 Å². The highest BCUT2D eigenvalue weighted by Gasteiger charge is 2.20. The van der Waals surface area contributed by atoms with Crippen LogP contribution in [0.3, 0.4) is 0 Å². The van der Waals surface area contributed by atoms with Crippen molar-refractivity contribution in [3.63, 3.8) is 0 Å². The van der Waals surface area contributed by atoms with Gasteiger partial charge in [0.1, 0.15) is 0 Å². The number of hydrogen-bond donors (Lipinski definition) is 0. The van der Waals surface area contributed by atoms with E-state index < -0.39 is 0 Å². The van der Waals surface area contributed by atoms with Crippen LogP contribution in [-0.4, -0.2) is 14.0 Å². The van der Waals surface area contributed by atoms with Crippen LogP contribution >= 0.6 is 0 Å². The molecular formula is C37H23N3. The fourth-order valence-electron chi connectivity index (χ4n) is 6.63. The van der Waals surface area contributed by atoms with E-state index >= 15 is 0 Å². The molecule has 9 aromatic rings. The first kappa shape index (κ1) is 21.5. The molecule has 40 heavy (non-hydrogen) atoms. The number of rotatable bonds is 2. The van der Waals surface area contributed by atoms with Crippen LogP contribution in [0.15, 0.2) is 140 Å². The van der Waals surface area contributed by atoms with Crippen LogP contribution in [0.4, 0.5) is 0 Å². The number of fused-ring (bicyclic) bond motifs is 12. The quantitative estimate of drug-likeness (QED) is 0.213. The van der Waals surface area contributed by atoms with Gasteiger partial charge in [-0.2, -0.15) is 0 Å². The molecule has 4 aromatic heterocycles. The molecule has 0 atom stereocenters. The fourth-order valence-corrected chi connectivity index (χ4v) is 6.63. The predicted octanol–water partition coefficient (Wildman–Crippen LogP) is 9.56. The van der Waals surface area contributed by atoms with Crippen molar-refractivity contribution in [2.24, 2.45) is 0 Å². The Labute approximate surface area is 230 Å². The molecule has 0 saturated carbocycles. The van der Waals surface area contributed by atoms with Gasteiger partial charge >= 0.3 is 0 Å². The van der Waals surface area contributed by atoms with Crippen LogP contribution in [0.1, 0.15) is 0 Å². The Morgan fingerprint density at radius 3 is 1.95 bits per heavy atom. The zero-order valence-corrected chi connectivity index (χ0v) is 21.6.